The number of hydrogen-bond donors (Lipinski definition) is 0. The van der Waals surface area contributed by atoms with Crippen LogP contribution in [0.3, 0.4) is 0 Å². The summed E-state index contributed by atoms with van der Waals surface area (Å²) in [5, 5.41) is 10.1. The summed E-state index contributed by atoms with van der Waals surface area (Å²) in [7, 11) is 0. The molecule has 1 aromatic heterocycles. The fraction of sp³-hybridized carbons (Fsp3) is 0.474. The number of ether oxygens (including phenoxy) is 2. The Labute approximate surface area is 166 Å². The molecular formula is C19H20N4O4S. The fourth-order valence-electron chi connectivity index (χ4n) is 4.32. The summed E-state index contributed by atoms with van der Waals surface area (Å²) >= 11 is 1.56. The molecule has 3 aliphatic rings. The lowest BCUT2D eigenvalue weighted by molar-refractivity contribution is -0.129. The number of carbonyl (C=O) groups is 2. The van der Waals surface area contributed by atoms with Crippen molar-refractivity contribution in [1.82, 2.24) is 20.0 Å². The van der Waals surface area contributed by atoms with Crippen LogP contribution in [0.4, 0.5) is 0 Å². The van der Waals surface area contributed by atoms with E-state index in [0.29, 0.717) is 43.0 Å². The number of rotatable bonds is 4. The zero-order chi connectivity index (χ0) is 19.3. The third-order valence-corrected chi connectivity index (χ3v) is 6.53. The minimum atomic E-state index is -0.0680. The molecule has 0 aliphatic carbocycles. The number of fused-ring (bicyclic) bond motifs is 2. The minimum absolute atomic E-state index is 0.0554. The summed E-state index contributed by atoms with van der Waals surface area (Å²) in [6.45, 7) is 3.39. The largest absolute Gasteiger partial charge is 0.454 e. The first kappa shape index (κ1) is 17.4. The van der Waals surface area contributed by atoms with Crippen molar-refractivity contribution in [3.63, 3.8) is 0 Å². The van der Waals surface area contributed by atoms with Crippen molar-refractivity contribution in [1.29, 1.82) is 0 Å². The number of likely N-dealkylation sites (tertiary alicyclic amines) is 2. The molecule has 8 nitrogen and oxygen atoms in total. The third-order valence-electron chi connectivity index (χ3n) is 5.63. The van der Waals surface area contributed by atoms with E-state index in [1.165, 1.54) is 0 Å². The molecule has 2 saturated heterocycles. The molecule has 2 amide bonds. The van der Waals surface area contributed by atoms with Crippen LogP contribution in [0, 0.1) is 6.92 Å². The van der Waals surface area contributed by atoms with Crippen molar-refractivity contribution in [3.05, 3.63) is 33.8 Å². The van der Waals surface area contributed by atoms with Crippen LogP contribution in [0.1, 0.15) is 33.2 Å². The van der Waals surface area contributed by atoms with E-state index >= 15 is 0 Å². The first-order valence-electron chi connectivity index (χ1n) is 9.39. The van der Waals surface area contributed by atoms with Crippen molar-refractivity contribution in [3.8, 4) is 11.5 Å². The van der Waals surface area contributed by atoms with Crippen molar-refractivity contribution < 1.29 is 19.1 Å². The summed E-state index contributed by atoms with van der Waals surface area (Å²) in [5.74, 6) is 1.31. The standard InChI is InChI=1S/C19H20N4O4S/c1-11-20-21-17(28-11)5-7-22-13-4-6-23(14(13)9-18(22)24)19(25)12-2-3-15-16(8-12)27-10-26-15/h2-3,8,13-14H,4-7,9-10H2,1H3/t13-,14-/m0/s1. The SMILES string of the molecule is Cc1nnc(CCN2C(=O)C[C@H]3[C@@H]2CCN3C(=O)c2ccc3c(c2)OCO3)s1. The molecule has 28 heavy (non-hydrogen) atoms. The van der Waals surface area contributed by atoms with Gasteiger partial charge >= 0.3 is 0 Å². The summed E-state index contributed by atoms with van der Waals surface area (Å²) in [5.41, 5.74) is 0.570. The molecule has 2 aromatic rings. The predicted molar refractivity (Wildman–Crippen MR) is 100 cm³/mol. The molecule has 3 aliphatic heterocycles. The van der Waals surface area contributed by atoms with Gasteiger partial charge in [0, 0.05) is 31.5 Å². The monoisotopic (exact) mass is 400 g/mol. The maximum absolute atomic E-state index is 13.1. The highest BCUT2D eigenvalue weighted by molar-refractivity contribution is 7.11. The first-order valence-corrected chi connectivity index (χ1v) is 10.2. The molecule has 0 spiro atoms. The molecule has 0 saturated carbocycles. The van der Waals surface area contributed by atoms with Crippen LogP contribution >= 0.6 is 11.3 Å². The number of hydrogen-bond acceptors (Lipinski definition) is 7. The van der Waals surface area contributed by atoms with Crippen LogP contribution < -0.4 is 9.47 Å². The van der Waals surface area contributed by atoms with Gasteiger partial charge < -0.3 is 19.3 Å². The van der Waals surface area contributed by atoms with Crippen LogP contribution in [0.25, 0.3) is 0 Å². The lowest BCUT2D eigenvalue weighted by atomic mass is 10.1. The molecule has 4 heterocycles. The number of aryl methyl sites for hydroxylation is 1. The molecule has 2 atom stereocenters. The van der Waals surface area contributed by atoms with Gasteiger partial charge in [0.25, 0.3) is 5.91 Å². The Morgan fingerprint density at radius 1 is 1.25 bits per heavy atom. The predicted octanol–water partition coefficient (Wildman–Crippen LogP) is 1.63. The highest BCUT2D eigenvalue weighted by Crippen LogP contribution is 2.36. The highest BCUT2D eigenvalue weighted by Gasteiger charge is 2.48. The molecule has 9 heteroatoms. The van der Waals surface area contributed by atoms with Gasteiger partial charge in [0.15, 0.2) is 11.5 Å². The van der Waals surface area contributed by atoms with Gasteiger partial charge in [0.05, 0.1) is 12.1 Å². The van der Waals surface area contributed by atoms with E-state index in [1.54, 1.807) is 29.5 Å². The van der Waals surface area contributed by atoms with Gasteiger partial charge in [-0.05, 0) is 31.5 Å². The second-order valence-corrected chi connectivity index (χ2v) is 8.51. The van der Waals surface area contributed by atoms with Crippen LogP contribution in [-0.4, -0.2) is 63.8 Å². The smallest absolute Gasteiger partial charge is 0.254 e. The highest BCUT2D eigenvalue weighted by atomic mass is 32.1. The van der Waals surface area contributed by atoms with Crippen LogP contribution in [0.5, 0.6) is 11.5 Å². The molecule has 1 aromatic carbocycles. The Bertz CT molecular complexity index is 946. The van der Waals surface area contributed by atoms with E-state index in [-0.39, 0.29) is 30.7 Å². The quantitative estimate of drug-likeness (QED) is 0.776. The Balaban J connectivity index is 1.29. The van der Waals surface area contributed by atoms with Gasteiger partial charge in [0.1, 0.15) is 10.0 Å². The van der Waals surface area contributed by atoms with Crippen molar-refractivity contribution >= 4 is 23.2 Å². The minimum Gasteiger partial charge on any atom is -0.454 e. The Morgan fingerprint density at radius 2 is 2.11 bits per heavy atom. The third kappa shape index (κ3) is 2.90. The fourth-order valence-corrected chi connectivity index (χ4v) is 5.02. The summed E-state index contributed by atoms with van der Waals surface area (Å²) < 4.78 is 10.7. The molecule has 0 unspecified atom stereocenters. The van der Waals surface area contributed by atoms with E-state index in [2.05, 4.69) is 10.2 Å². The van der Waals surface area contributed by atoms with Crippen molar-refractivity contribution in [2.24, 2.45) is 0 Å². The summed E-state index contributed by atoms with van der Waals surface area (Å²) in [6.07, 6.45) is 1.90. The Kier molecular flexibility index (Phi) is 4.19. The normalized spacial score (nSPS) is 22.8. The van der Waals surface area contributed by atoms with Crippen LogP contribution in [-0.2, 0) is 11.2 Å². The Hall–Kier alpha value is -2.68. The second-order valence-electron chi connectivity index (χ2n) is 7.25. The molecule has 0 radical (unpaired) electrons. The van der Waals surface area contributed by atoms with E-state index < -0.39 is 0 Å². The second kappa shape index (κ2) is 6.73. The van der Waals surface area contributed by atoms with Gasteiger partial charge in [-0.1, -0.05) is 0 Å². The topological polar surface area (TPSA) is 84.9 Å². The van der Waals surface area contributed by atoms with Gasteiger partial charge in [-0.15, -0.1) is 21.5 Å². The molecule has 5 rings (SSSR count). The maximum Gasteiger partial charge on any atom is 0.254 e. The number of aromatic nitrogens is 2. The molecular weight excluding hydrogens is 380 g/mol. The zero-order valence-corrected chi connectivity index (χ0v) is 16.3. The van der Waals surface area contributed by atoms with Gasteiger partial charge in [-0.25, -0.2) is 0 Å². The lowest BCUT2D eigenvalue weighted by Gasteiger charge is -2.25. The van der Waals surface area contributed by atoms with E-state index in [0.717, 1.165) is 16.4 Å². The first-order chi connectivity index (χ1) is 13.6. The van der Waals surface area contributed by atoms with Crippen molar-refractivity contribution in [2.45, 2.75) is 38.3 Å². The number of amides is 2. The summed E-state index contributed by atoms with van der Waals surface area (Å²) in [4.78, 5) is 29.4. The Morgan fingerprint density at radius 3 is 2.93 bits per heavy atom. The summed E-state index contributed by atoms with van der Waals surface area (Å²) in [6, 6.07) is 5.26. The number of benzene rings is 1. The molecule has 0 bridgehead atoms. The van der Waals surface area contributed by atoms with Gasteiger partial charge in [-0.2, -0.15) is 0 Å². The zero-order valence-electron chi connectivity index (χ0n) is 15.5. The average Bonchev–Trinajstić information content (AvgIpc) is 3.44. The molecule has 0 N–H and O–H groups in total. The van der Waals surface area contributed by atoms with Gasteiger partial charge in [0.2, 0.25) is 12.7 Å². The number of nitrogens with zero attached hydrogens (tertiary/aromatic N) is 4. The molecule has 2 fully saturated rings. The van der Waals surface area contributed by atoms with Crippen LogP contribution in [0.15, 0.2) is 18.2 Å². The average molecular weight is 400 g/mol. The van der Waals surface area contributed by atoms with E-state index in [1.807, 2.05) is 16.7 Å². The lowest BCUT2D eigenvalue weighted by Crippen LogP contribution is -2.40. The van der Waals surface area contributed by atoms with E-state index in [9.17, 15) is 9.59 Å². The number of carbonyl (C=O) groups excluding carboxylic acids is 2. The van der Waals surface area contributed by atoms with Crippen molar-refractivity contribution in [2.75, 3.05) is 19.9 Å². The maximum atomic E-state index is 13.1. The van der Waals surface area contributed by atoms with Crippen LogP contribution in [0.2, 0.25) is 0 Å². The van der Waals surface area contributed by atoms with Gasteiger partial charge in [-0.3, -0.25) is 9.59 Å². The molecule has 146 valence electrons. The van der Waals surface area contributed by atoms with E-state index in [4.69, 9.17) is 9.47 Å².